The second kappa shape index (κ2) is 5.80. The van der Waals surface area contributed by atoms with E-state index >= 15 is 0 Å². The fourth-order valence-corrected chi connectivity index (χ4v) is 1.88. The Morgan fingerprint density at radius 2 is 1.94 bits per heavy atom. The molecule has 0 aliphatic carbocycles. The van der Waals surface area contributed by atoms with Gasteiger partial charge in [0.05, 0.1) is 17.7 Å². The first kappa shape index (κ1) is 16.4. The third kappa shape index (κ3) is 3.18. The van der Waals surface area contributed by atoms with E-state index in [1.165, 1.54) is 0 Å². The smallest absolute Gasteiger partial charge is 0.142 e. The minimum Gasteiger partial charge on any atom is -0.506 e. The summed E-state index contributed by atoms with van der Waals surface area (Å²) in [6.45, 7) is 6.36. The molecule has 5 heteroatoms. The van der Waals surface area contributed by atoms with E-state index in [9.17, 15) is 5.11 Å². The number of phenolic OH excluding ortho intramolecular Hbond substituents is 1. The number of halogens is 2. The molecule has 1 aromatic rings. The van der Waals surface area contributed by atoms with Crippen LogP contribution in [0.4, 0.5) is 0 Å². The molecule has 1 aromatic carbocycles. The zero-order valence-electron chi connectivity index (χ0n) is 10.5. The lowest BCUT2D eigenvalue weighted by molar-refractivity contribution is 0.384. The van der Waals surface area contributed by atoms with E-state index in [4.69, 9.17) is 22.1 Å². The minimum atomic E-state index is -0.118. The van der Waals surface area contributed by atoms with Crippen molar-refractivity contribution in [3.05, 3.63) is 22.2 Å². The monoisotopic (exact) mass is 279 g/mol. The second-order valence-electron chi connectivity index (χ2n) is 4.72. The Bertz CT molecular complexity index is 400. The molecule has 3 N–H and O–H groups in total. The highest BCUT2D eigenvalue weighted by molar-refractivity contribution is 6.32. The van der Waals surface area contributed by atoms with Gasteiger partial charge in [-0.2, -0.15) is 0 Å². The van der Waals surface area contributed by atoms with Crippen molar-refractivity contribution in [3.8, 4) is 11.5 Å². The predicted octanol–water partition coefficient (Wildman–Crippen LogP) is 3.23. The molecule has 17 heavy (non-hydrogen) atoms. The maximum atomic E-state index is 9.81. The first-order chi connectivity index (χ1) is 7.32. The molecule has 0 aromatic heterocycles. The highest BCUT2D eigenvalue weighted by atomic mass is 35.5. The van der Waals surface area contributed by atoms with Gasteiger partial charge in [-0.15, -0.1) is 12.4 Å². The maximum Gasteiger partial charge on any atom is 0.142 e. The molecule has 0 atom stereocenters. The van der Waals surface area contributed by atoms with Crippen LogP contribution in [-0.4, -0.2) is 12.2 Å². The van der Waals surface area contributed by atoms with Gasteiger partial charge in [0, 0.05) is 12.1 Å². The lowest BCUT2D eigenvalue weighted by Gasteiger charge is -2.24. The van der Waals surface area contributed by atoms with Crippen LogP contribution in [0.5, 0.6) is 11.5 Å². The molecule has 0 saturated heterocycles. The number of methoxy groups -OCH3 is 1. The minimum absolute atomic E-state index is 0. The Hall–Kier alpha value is -0.640. The number of hydrogen-bond acceptors (Lipinski definition) is 3. The first-order valence-corrected chi connectivity index (χ1v) is 5.49. The van der Waals surface area contributed by atoms with Crippen molar-refractivity contribution in [1.82, 2.24) is 0 Å². The van der Waals surface area contributed by atoms with Gasteiger partial charge >= 0.3 is 0 Å². The number of rotatable bonds is 2. The lowest BCUT2D eigenvalue weighted by atomic mass is 9.85. The molecular formula is C12H19Cl2NO2. The second-order valence-corrected chi connectivity index (χ2v) is 5.13. The van der Waals surface area contributed by atoms with Gasteiger partial charge in [-0.3, -0.25) is 0 Å². The summed E-state index contributed by atoms with van der Waals surface area (Å²) in [5.74, 6) is 0.630. The zero-order chi connectivity index (χ0) is 12.5. The molecule has 0 unspecified atom stereocenters. The first-order valence-electron chi connectivity index (χ1n) is 5.11. The molecule has 0 heterocycles. The van der Waals surface area contributed by atoms with Crippen LogP contribution >= 0.6 is 24.0 Å². The van der Waals surface area contributed by atoms with Crippen LogP contribution < -0.4 is 10.5 Å². The fraction of sp³-hybridized carbons (Fsp3) is 0.500. The summed E-state index contributed by atoms with van der Waals surface area (Å²) in [4.78, 5) is 0. The maximum absolute atomic E-state index is 9.81. The van der Waals surface area contributed by atoms with E-state index in [0.29, 0.717) is 16.3 Å². The number of ether oxygens (including phenoxy) is 1. The van der Waals surface area contributed by atoms with E-state index in [0.717, 1.165) is 5.56 Å². The molecule has 0 amide bonds. The van der Waals surface area contributed by atoms with Crippen molar-refractivity contribution >= 4 is 24.0 Å². The summed E-state index contributed by atoms with van der Waals surface area (Å²) in [6.07, 6.45) is 0. The molecule has 1 rings (SSSR count). The Balaban J connectivity index is 0.00000256. The number of hydrogen-bond donors (Lipinski definition) is 2. The Morgan fingerprint density at radius 1 is 1.41 bits per heavy atom. The topological polar surface area (TPSA) is 55.5 Å². The summed E-state index contributed by atoms with van der Waals surface area (Å²) < 4.78 is 5.33. The molecule has 0 spiro atoms. The SMILES string of the molecule is COc1c(C(C)(C)C)cc(Cl)c(O)c1CN.Cl. The molecule has 0 saturated carbocycles. The Kier molecular flexibility index (Phi) is 5.59. The molecule has 98 valence electrons. The molecule has 0 fully saturated rings. The van der Waals surface area contributed by atoms with Crippen molar-refractivity contribution in [3.63, 3.8) is 0 Å². The van der Waals surface area contributed by atoms with Crippen molar-refractivity contribution < 1.29 is 9.84 Å². The Morgan fingerprint density at radius 3 is 2.29 bits per heavy atom. The third-order valence-electron chi connectivity index (χ3n) is 2.52. The highest BCUT2D eigenvalue weighted by Gasteiger charge is 2.24. The fourth-order valence-electron chi connectivity index (χ4n) is 1.65. The number of aromatic hydroxyl groups is 1. The summed E-state index contributed by atoms with van der Waals surface area (Å²) in [7, 11) is 1.57. The quantitative estimate of drug-likeness (QED) is 0.874. The third-order valence-corrected chi connectivity index (χ3v) is 2.81. The van der Waals surface area contributed by atoms with Crippen molar-refractivity contribution in [2.45, 2.75) is 32.7 Å². The number of nitrogens with two attached hydrogens (primary N) is 1. The normalized spacial score (nSPS) is 10.9. The summed E-state index contributed by atoms with van der Waals surface area (Å²) in [5, 5.41) is 10.1. The standard InChI is InChI=1S/C12H18ClNO2.ClH/c1-12(2,3)8-5-9(13)10(15)7(6-14)11(8)16-4;/h5,15H,6,14H2,1-4H3;1H. The van der Waals surface area contributed by atoms with Gasteiger partial charge in [0.15, 0.2) is 0 Å². The van der Waals surface area contributed by atoms with Gasteiger partial charge < -0.3 is 15.6 Å². The Labute approximate surface area is 113 Å². The molecule has 0 radical (unpaired) electrons. The lowest BCUT2D eigenvalue weighted by Crippen LogP contribution is -2.15. The van der Waals surface area contributed by atoms with E-state index in [-0.39, 0.29) is 30.1 Å². The van der Waals surface area contributed by atoms with Crippen LogP contribution in [0, 0.1) is 0 Å². The van der Waals surface area contributed by atoms with Gasteiger partial charge in [0.2, 0.25) is 0 Å². The van der Waals surface area contributed by atoms with E-state index in [2.05, 4.69) is 20.8 Å². The molecule has 3 nitrogen and oxygen atoms in total. The molecular weight excluding hydrogens is 261 g/mol. The van der Waals surface area contributed by atoms with E-state index < -0.39 is 0 Å². The summed E-state index contributed by atoms with van der Waals surface area (Å²) in [6, 6.07) is 1.73. The zero-order valence-corrected chi connectivity index (χ0v) is 12.1. The number of benzene rings is 1. The highest BCUT2D eigenvalue weighted by Crippen LogP contribution is 2.42. The summed E-state index contributed by atoms with van der Waals surface area (Å²) >= 11 is 5.97. The molecule has 0 bridgehead atoms. The molecule has 0 aliphatic rings. The van der Waals surface area contributed by atoms with Gasteiger partial charge in [0.1, 0.15) is 11.5 Å². The number of phenols is 1. The summed E-state index contributed by atoms with van der Waals surface area (Å²) in [5.41, 5.74) is 6.99. The van der Waals surface area contributed by atoms with Crippen LogP contribution in [0.25, 0.3) is 0 Å². The average molecular weight is 280 g/mol. The van der Waals surface area contributed by atoms with Crippen LogP contribution in [0.1, 0.15) is 31.9 Å². The largest absolute Gasteiger partial charge is 0.506 e. The average Bonchev–Trinajstić information content (AvgIpc) is 2.19. The van der Waals surface area contributed by atoms with Gasteiger partial charge in [-0.05, 0) is 11.5 Å². The van der Waals surface area contributed by atoms with Crippen LogP contribution in [0.2, 0.25) is 5.02 Å². The van der Waals surface area contributed by atoms with Crippen molar-refractivity contribution in [1.29, 1.82) is 0 Å². The van der Waals surface area contributed by atoms with E-state index in [1.54, 1.807) is 13.2 Å². The van der Waals surface area contributed by atoms with E-state index in [1.807, 2.05) is 0 Å². The van der Waals surface area contributed by atoms with Crippen molar-refractivity contribution in [2.75, 3.05) is 7.11 Å². The van der Waals surface area contributed by atoms with Crippen LogP contribution in [0.15, 0.2) is 6.07 Å². The molecule has 0 aliphatic heterocycles. The van der Waals surface area contributed by atoms with Crippen molar-refractivity contribution in [2.24, 2.45) is 5.73 Å². The van der Waals surface area contributed by atoms with Crippen LogP contribution in [0.3, 0.4) is 0 Å². The predicted molar refractivity (Wildman–Crippen MR) is 73.5 cm³/mol. The van der Waals surface area contributed by atoms with Gasteiger partial charge in [-0.25, -0.2) is 0 Å². The van der Waals surface area contributed by atoms with Gasteiger partial charge in [0.25, 0.3) is 0 Å². The van der Waals surface area contributed by atoms with Gasteiger partial charge in [-0.1, -0.05) is 32.4 Å². The van der Waals surface area contributed by atoms with Crippen LogP contribution in [-0.2, 0) is 12.0 Å².